The smallest absolute Gasteiger partial charge is 0.0818 e. The second-order valence-electron chi connectivity index (χ2n) is 6.65. The predicted octanol–water partition coefficient (Wildman–Crippen LogP) is 2.57. The highest BCUT2D eigenvalue weighted by atomic mass is 16.5. The number of hydrogen-bond acceptors (Lipinski definition) is 3. The first-order chi connectivity index (χ1) is 11.1. The van der Waals surface area contributed by atoms with Crippen LogP contribution < -0.4 is 0 Å². The Balaban J connectivity index is 1.72. The van der Waals surface area contributed by atoms with Crippen LogP contribution in [0.25, 0.3) is 0 Å². The van der Waals surface area contributed by atoms with Crippen LogP contribution in [0.1, 0.15) is 24.0 Å². The van der Waals surface area contributed by atoms with Crippen LogP contribution in [0.2, 0.25) is 0 Å². The van der Waals surface area contributed by atoms with E-state index < -0.39 is 5.60 Å². The molecule has 4 nitrogen and oxygen atoms in total. The van der Waals surface area contributed by atoms with Crippen molar-refractivity contribution in [2.45, 2.75) is 31.5 Å². The summed E-state index contributed by atoms with van der Waals surface area (Å²) in [6, 6.07) is 12.6. The van der Waals surface area contributed by atoms with E-state index in [4.69, 9.17) is 4.74 Å². The van der Waals surface area contributed by atoms with Crippen LogP contribution in [0.15, 0.2) is 48.8 Å². The van der Waals surface area contributed by atoms with Gasteiger partial charge in [-0.3, -0.25) is 4.90 Å². The van der Waals surface area contributed by atoms with Gasteiger partial charge in [0.1, 0.15) is 0 Å². The van der Waals surface area contributed by atoms with E-state index in [0.29, 0.717) is 32.6 Å². The number of hydrogen-bond donors (Lipinski definition) is 1. The molecule has 1 aromatic carbocycles. The molecule has 1 aromatic heterocycles. The maximum Gasteiger partial charge on any atom is 0.0818 e. The summed E-state index contributed by atoms with van der Waals surface area (Å²) in [5.41, 5.74) is 1.92. The molecule has 0 unspecified atom stereocenters. The molecule has 3 rings (SSSR count). The molecule has 1 fully saturated rings. The van der Waals surface area contributed by atoms with Crippen molar-refractivity contribution >= 4 is 0 Å². The van der Waals surface area contributed by atoms with Gasteiger partial charge in [0.05, 0.1) is 5.60 Å². The Labute approximate surface area is 138 Å². The van der Waals surface area contributed by atoms with Gasteiger partial charge in [-0.25, -0.2) is 0 Å². The summed E-state index contributed by atoms with van der Waals surface area (Å²) in [4.78, 5) is 2.34. The molecule has 1 aliphatic rings. The minimum absolute atomic E-state index is 0.637. The summed E-state index contributed by atoms with van der Waals surface area (Å²) in [5, 5.41) is 10.9. The summed E-state index contributed by atoms with van der Waals surface area (Å²) in [7, 11) is 2.04. The average molecular weight is 314 g/mol. The van der Waals surface area contributed by atoms with Crippen LogP contribution in [-0.4, -0.2) is 39.9 Å². The molecule has 0 saturated carbocycles. The van der Waals surface area contributed by atoms with Crippen molar-refractivity contribution in [2.75, 3.05) is 19.8 Å². The fourth-order valence-corrected chi connectivity index (χ4v) is 3.25. The first-order valence-electron chi connectivity index (χ1n) is 8.30. The molecule has 0 radical (unpaired) electrons. The summed E-state index contributed by atoms with van der Waals surface area (Å²) < 4.78 is 7.47. The van der Waals surface area contributed by atoms with E-state index in [0.717, 1.165) is 13.1 Å². The molecule has 0 amide bonds. The van der Waals surface area contributed by atoms with Gasteiger partial charge >= 0.3 is 0 Å². The van der Waals surface area contributed by atoms with E-state index in [1.165, 1.54) is 11.1 Å². The van der Waals surface area contributed by atoms with Crippen molar-refractivity contribution < 1.29 is 9.84 Å². The van der Waals surface area contributed by atoms with Crippen molar-refractivity contribution in [3.05, 3.63) is 59.9 Å². The second kappa shape index (κ2) is 7.30. The van der Waals surface area contributed by atoms with Crippen molar-refractivity contribution in [2.24, 2.45) is 7.05 Å². The SMILES string of the molecule is Cn1ccc(CN(Cc2ccccc2)CC2(O)CCOCC2)c1. The molecule has 23 heavy (non-hydrogen) atoms. The lowest BCUT2D eigenvalue weighted by Gasteiger charge is -2.37. The normalized spacial score (nSPS) is 17.5. The topological polar surface area (TPSA) is 37.6 Å². The standard InChI is InChI=1S/C19H26N2O2/c1-20-10-7-18(13-20)15-21(14-17-5-3-2-4-6-17)16-19(22)8-11-23-12-9-19/h2-7,10,13,22H,8-9,11-12,14-16H2,1H3. The van der Waals surface area contributed by atoms with Gasteiger partial charge in [0.15, 0.2) is 0 Å². The fourth-order valence-electron chi connectivity index (χ4n) is 3.25. The lowest BCUT2D eigenvalue weighted by Crippen LogP contribution is -2.46. The molecule has 124 valence electrons. The number of benzene rings is 1. The molecule has 2 heterocycles. The Kier molecular flexibility index (Phi) is 5.16. The van der Waals surface area contributed by atoms with Crippen molar-refractivity contribution in [3.8, 4) is 0 Å². The third kappa shape index (κ3) is 4.67. The Hall–Kier alpha value is -1.62. The van der Waals surface area contributed by atoms with E-state index >= 15 is 0 Å². The third-order valence-electron chi connectivity index (χ3n) is 4.49. The van der Waals surface area contributed by atoms with Gasteiger partial charge in [0, 0.05) is 65.1 Å². The van der Waals surface area contributed by atoms with Crippen LogP contribution in [-0.2, 0) is 24.9 Å². The molecular weight excluding hydrogens is 288 g/mol. The highest BCUT2D eigenvalue weighted by Gasteiger charge is 2.32. The van der Waals surface area contributed by atoms with E-state index in [9.17, 15) is 5.11 Å². The molecule has 1 saturated heterocycles. The average Bonchev–Trinajstić information content (AvgIpc) is 2.93. The lowest BCUT2D eigenvalue weighted by atomic mass is 9.93. The second-order valence-corrected chi connectivity index (χ2v) is 6.65. The Morgan fingerprint density at radius 2 is 1.78 bits per heavy atom. The highest BCUT2D eigenvalue weighted by Crippen LogP contribution is 2.23. The minimum atomic E-state index is -0.637. The Morgan fingerprint density at radius 3 is 2.43 bits per heavy atom. The van der Waals surface area contributed by atoms with Crippen LogP contribution in [0.3, 0.4) is 0 Å². The summed E-state index contributed by atoms with van der Waals surface area (Å²) in [5.74, 6) is 0. The molecule has 0 spiro atoms. The van der Waals surface area contributed by atoms with E-state index in [-0.39, 0.29) is 0 Å². The molecule has 0 bridgehead atoms. The third-order valence-corrected chi connectivity index (χ3v) is 4.49. The van der Waals surface area contributed by atoms with Crippen molar-refractivity contribution in [3.63, 3.8) is 0 Å². The van der Waals surface area contributed by atoms with Gasteiger partial charge in [-0.05, 0) is 17.2 Å². The zero-order valence-electron chi connectivity index (χ0n) is 13.8. The minimum Gasteiger partial charge on any atom is -0.388 e. The molecule has 0 atom stereocenters. The number of rotatable bonds is 6. The zero-order chi connectivity index (χ0) is 16.1. The molecule has 1 aliphatic heterocycles. The first kappa shape index (κ1) is 16.2. The largest absolute Gasteiger partial charge is 0.388 e. The van der Waals surface area contributed by atoms with Crippen LogP contribution >= 0.6 is 0 Å². The molecule has 4 heteroatoms. The van der Waals surface area contributed by atoms with Crippen molar-refractivity contribution in [1.82, 2.24) is 9.47 Å². The zero-order valence-corrected chi connectivity index (χ0v) is 13.8. The predicted molar refractivity (Wildman–Crippen MR) is 91.0 cm³/mol. The number of aliphatic hydroxyl groups is 1. The van der Waals surface area contributed by atoms with Gasteiger partial charge in [-0.1, -0.05) is 30.3 Å². The lowest BCUT2D eigenvalue weighted by molar-refractivity contribution is -0.0821. The van der Waals surface area contributed by atoms with Gasteiger partial charge in [-0.2, -0.15) is 0 Å². The van der Waals surface area contributed by atoms with Crippen LogP contribution in [0.4, 0.5) is 0 Å². The van der Waals surface area contributed by atoms with E-state index in [1.54, 1.807) is 0 Å². The van der Waals surface area contributed by atoms with Crippen molar-refractivity contribution in [1.29, 1.82) is 0 Å². The van der Waals surface area contributed by atoms with Gasteiger partial charge in [-0.15, -0.1) is 0 Å². The van der Waals surface area contributed by atoms with Crippen LogP contribution in [0, 0.1) is 0 Å². The van der Waals surface area contributed by atoms with Crippen LogP contribution in [0.5, 0.6) is 0 Å². The number of nitrogens with zero attached hydrogens (tertiary/aromatic N) is 2. The quantitative estimate of drug-likeness (QED) is 0.890. The molecule has 1 N–H and O–H groups in total. The maximum atomic E-state index is 10.9. The first-order valence-corrected chi connectivity index (χ1v) is 8.30. The molecular formula is C19H26N2O2. The molecule has 0 aliphatic carbocycles. The maximum absolute atomic E-state index is 10.9. The summed E-state index contributed by atoms with van der Waals surface area (Å²) in [6.07, 6.45) is 5.64. The molecule has 2 aromatic rings. The Morgan fingerprint density at radius 1 is 1.09 bits per heavy atom. The number of aromatic nitrogens is 1. The monoisotopic (exact) mass is 314 g/mol. The number of ether oxygens (including phenoxy) is 1. The van der Waals surface area contributed by atoms with E-state index in [2.05, 4.69) is 52.2 Å². The van der Waals surface area contributed by atoms with E-state index in [1.807, 2.05) is 13.1 Å². The van der Waals surface area contributed by atoms with Gasteiger partial charge in [0.25, 0.3) is 0 Å². The summed E-state index contributed by atoms with van der Waals surface area (Å²) in [6.45, 7) is 3.68. The van der Waals surface area contributed by atoms with Gasteiger partial charge in [0.2, 0.25) is 0 Å². The van der Waals surface area contributed by atoms with Gasteiger partial charge < -0.3 is 14.4 Å². The fraction of sp³-hybridized carbons (Fsp3) is 0.474. The number of aryl methyl sites for hydroxylation is 1. The highest BCUT2D eigenvalue weighted by molar-refractivity contribution is 5.16. The Bertz CT molecular complexity index is 603. The summed E-state index contributed by atoms with van der Waals surface area (Å²) >= 11 is 0.